The van der Waals surface area contributed by atoms with Crippen LogP contribution < -0.4 is 20.5 Å². The normalized spacial score (nSPS) is 11.3. The minimum Gasteiger partial charge on any atom is -0.493 e. The number of carbonyl (C=O) groups excluding carboxylic acids is 3. The molecule has 0 aromatic heterocycles. The Morgan fingerprint density at radius 1 is 1.29 bits per heavy atom. The lowest BCUT2D eigenvalue weighted by Crippen LogP contribution is -2.43. The molecule has 0 spiro atoms. The Kier molecular flexibility index (Phi) is 7.70. The van der Waals surface area contributed by atoms with Crippen LogP contribution in [0.15, 0.2) is 18.2 Å². The van der Waals surface area contributed by atoms with Crippen LogP contribution in [0, 0.1) is 0 Å². The molecule has 24 heavy (non-hydrogen) atoms. The predicted molar refractivity (Wildman–Crippen MR) is 87.6 cm³/mol. The van der Waals surface area contributed by atoms with Gasteiger partial charge in [-0.15, -0.1) is 0 Å². The minimum absolute atomic E-state index is 0.108. The van der Waals surface area contributed by atoms with Gasteiger partial charge >= 0.3 is 11.8 Å². The topological polar surface area (TPSA) is 111 Å². The second kappa shape index (κ2) is 9.51. The van der Waals surface area contributed by atoms with E-state index in [4.69, 9.17) is 15.2 Å². The Bertz CT molecular complexity index is 591. The van der Waals surface area contributed by atoms with Crippen molar-refractivity contribution < 1.29 is 23.9 Å². The Morgan fingerprint density at radius 2 is 1.96 bits per heavy atom. The van der Waals surface area contributed by atoms with Gasteiger partial charge in [-0.3, -0.25) is 19.3 Å². The average molecular weight is 337 g/mol. The zero-order valence-corrected chi connectivity index (χ0v) is 14.1. The van der Waals surface area contributed by atoms with Crippen molar-refractivity contribution in [1.82, 2.24) is 10.2 Å². The molecule has 1 atom stereocenters. The summed E-state index contributed by atoms with van der Waals surface area (Å²) >= 11 is 0. The van der Waals surface area contributed by atoms with E-state index in [1.165, 1.54) is 14.2 Å². The van der Waals surface area contributed by atoms with Gasteiger partial charge in [-0.25, -0.2) is 0 Å². The molecule has 1 rings (SSSR count). The molecule has 0 fully saturated rings. The molecule has 3 N–H and O–H groups in total. The molecular weight excluding hydrogens is 314 g/mol. The summed E-state index contributed by atoms with van der Waals surface area (Å²) in [5.74, 6) is -0.697. The van der Waals surface area contributed by atoms with E-state index in [-0.39, 0.29) is 6.54 Å². The number of nitrogens with zero attached hydrogens (tertiary/aromatic N) is 1. The summed E-state index contributed by atoms with van der Waals surface area (Å²) in [6, 6.07) is 4.71. The SMILES string of the molecule is COc1ccc(C(C)NC(=O)C(=O)N(C=O)CCCN)cc1OC. The summed E-state index contributed by atoms with van der Waals surface area (Å²) in [7, 11) is 3.03. The molecule has 1 unspecified atom stereocenters. The van der Waals surface area contributed by atoms with Gasteiger partial charge in [-0.1, -0.05) is 6.07 Å². The number of nitrogens with one attached hydrogen (secondary N) is 1. The third-order valence-corrected chi connectivity index (χ3v) is 3.44. The van der Waals surface area contributed by atoms with E-state index in [1.807, 2.05) is 0 Å². The summed E-state index contributed by atoms with van der Waals surface area (Å²) in [5, 5.41) is 2.56. The lowest BCUT2D eigenvalue weighted by Gasteiger charge is -2.18. The lowest BCUT2D eigenvalue weighted by atomic mass is 10.1. The van der Waals surface area contributed by atoms with Crippen LogP contribution in [0.25, 0.3) is 0 Å². The van der Waals surface area contributed by atoms with Gasteiger partial charge < -0.3 is 20.5 Å². The fraction of sp³-hybridized carbons (Fsp3) is 0.438. The highest BCUT2D eigenvalue weighted by atomic mass is 16.5. The van der Waals surface area contributed by atoms with Crippen molar-refractivity contribution in [3.05, 3.63) is 23.8 Å². The van der Waals surface area contributed by atoms with Crippen LogP contribution in [0.4, 0.5) is 0 Å². The number of imide groups is 1. The molecule has 8 nitrogen and oxygen atoms in total. The lowest BCUT2D eigenvalue weighted by molar-refractivity contribution is -0.149. The second-order valence-corrected chi connectivity index (χ2v) is 5.06. The number of rotatable bonds is 8. The molecule has 0 aliphatic rings. The third kappa shape index (κ3) is 4.95. The fourth-order valence-corrected chi connectivity index (χ4v) is 2.06. The molecule has 0 radical (unpaired) electrons. The average Bonchev–Trinajstić information content (AvgIpc) is 2.61. The molecule has 0 saturated heterocycles. The molecule has 0 bridgehead atoms. The first-order valence-electron chi connectivity index (χ1n) is 7.47. The number of hydrogen-bond acceptors (Lipinski definition) is 6. The number of benzene rings is 1. The van der Waals surface area contributed by atoms with Crippen LogP contribution in [0.3, 0.4) is 0 Å². The van der Waals surface area contributed by atoms with E-state index < -0.39 is 17.9 Å². The van der Waals surface area contributed by atoms with Gasteiger partial charge in [0.25, 0.3) is 0 Å². The van der Waals surface area contributed by atoms with E-state index in [1.54, 1.807) is 25.1 Å². The number of carbonyl (C=O) groups is 3. The van der Waals surface area contributed by atoms with Crippen LogP contribution in [-0.4, -0.2) is 50.4 Å². The van der Waals surface area contributed by atoms with Crippen LogP contribution in [0.1, 0.15) is 24.9 Å². The van der Waals surface area contributed by atoms with Gasteiger partial charge in [0.15, 0.2) is 11.5 Å². The van der Waals surface area contributed by atoms with Gasteiger partial charge in [0.1, 0.15) is 0 Å². The zero-order chi connectivity index (χ0) is 18.1. The molecule has 0 aliphatic heterocycles. The van der Waals surface area contributed by atoms with Crippen molar-refractivity contribution in [3.63, 3.8) is 0 Å². The number of nitrogens with two attached hydrogens (primary N) is 1. The zero-order valence-electron chi connectivity index (χ0n) is 14.1. The third-order valence-electron chi connectivity index (χ3n) is 3.44. The fourth-order valence-electron chi connectivity index (χ4n) is 2.06. The van der Waals surface area contributed by atoms with Crippen LogP contribution in [0.2, 0.25) is 0 Å². The Hall–Kier alpha value is -2.61. The quantitative estimate of drug-likeness (QED) is 0.518. The van der Waals surface area contributed by atoms with Gasteiger partial charge in [0.2, 0.25) is 6.41 Å². The predicted octanol–water partition coefficient (Wildman–Crippen LogP) is 0.215. The van der Waals surface area contributed by atoms with E-state index in [9.17, 15) is 14.4 Å². The molecular formula is C16H23N3O5. The van der Waals surface area contributed by atoms with E-state index in [2.05, 4.69) is 5.32 Å². The van der Waals surface area contributed by atoms with Crippen LogP contribution in [-0.2, 0) is 14.4 Å². The summed E-state index contributed by atoms with van der Waals surface area (Å²) in [4.78, 5) is 35.7. The van der Waals surface area contributed by atoms with Gasteiger partial charge in [0, 0.05) is 6.54 Å². The Labute approximate surface area is 140 Å². The van der Waals surface area contributed by atoms with Gasteiger partial charge in [-0.05, 0) is 37.6 Å². The molecule has 132 valence electrons. The molecule has 0 heterocycles. The molecule has 3 amide bonds. The highest BCUT2D eigenvalue weighted by molar-refractivity contribution is 6.36. The first-order chi connectivity index (χ1) is 11.5. The first-order valence-corrected chi connectivity index (χ1v) is 7.47. The van der Waals surface area contributed by atoms with E-state index in [0.717, 1.165) is 10.5 Å². The van der Waals surface area contributed by atoms with Crippen LogP contribution in [0.5, 0.6) is 11.5 Å². The first kappa shape index (κ1) is 19.4. The molecule has 0 saturated carbocycles. The Balaban J connectivity index is 2.79. The summed E-state index contributed by atoms with van der Waals surface area (Å²) in [5.41, 5.74) is 6.07. The highest BCUT2D eigenvalue weighted by Crippen LogP contribution is 2.29. The van der Waals surface area contributed by atoms with Crippen molar-refractivity contribution in [2.24, 2.45) is 5.73 Å². The largest absolute Gasteiger partial charge is 0.493 e. The maximum Gasteiger partial charge on any atom is 0.318 e. The maximum absolute atomic E-state index is 12.0. The maximum atomic E-state index is 12.0. The molecule has 1 aromatic rings. The monoisotopic (exact) mass is 337 g/mol. The van der Waals surface area contributed by atoms with E-state index >= 15 is 0 Å². The van der Waals surface area contributed by atoms with Crippen molar-refractivity contribution in [3.8, 4) is 11.5 Å². The summed E-state index contributed by atoms with van der Waals surface area (Å²) in [6.07, 6.45) is 0.766. The molecule has 0 aliphatic carbocycles. The van der Waals surface area contributed by atoms with Crippen molar-refractivity contribution >= 4 is 18.2 Å². The van der Waals surface area contributed by atoms with Gasteiger partial charge in [0.05, 0.1) is 20.3 Å². The van der Waals surface area contributed by atoms with Crippen molar-refractivity contribution in [1.29, 1.82) is 0 Å². The minimum atomic E-state index is -0.911. The summed E-state index contributed by atoms with van der Waals surface area (Å²) < 4.78 is 10.4. The highest BCUT2D eigenvalue weighted by Gasteiger charge is 2.23. The summed E-state index contributed by atoms with van der Waals surface area (Å²) in [6.45, 7) is 2.15. The van der Waals surface area contributed by atoms with Crippen molar-refractivity contribution in [2.75, 3.05) is 27.3 Å². The van der Waals surface area contributed by atoms with Crippen LogP contribution >= 0.6 is 0 Å². The number of ether oxygens (including phenoxy) is 2. The standard InChI is InChI=1S/C16H23N3O5/c1-11(12-5-6-13(23-2)14(9-12)24-3)18-15(21)16(22)19(10-20)8-4-7-17/h5-6,9-11H,4,7-8,17H2,1-3H3,(H,18,21). The van der Waals surface area contributed by atoms with Gasteiger partial charge in [-0.2, -0.15) is 0 Å². The number of methoxy groups -OCH3 is 2. The second-order valence-electron chi connectivity index (χ2n) is 5.06. The number of hydrogen-bond donors (Lipinski definition) is 2. The van der Waals surface area contributed by atoms with Crippen molar-refractivity contribution in [2.45, 2.75) is 19.4 Å². The van der Waals surface area contributed by atoms with E-state index in [0.29, 0.717) is 30.9 Å². The Morgan fingerprint density at radius 3 is 2.50 bits per heavy atom. The molecule has 1 aromatic carbocycles. The smallest absolute Gasteiger partial charge is 0.318 e. The number of amides is 3. The molecule has 8 heteroatoms.